The molecular weight excluding hydrogens is 249 g/mol. The quantitative estimate of drug-likeness (QED) is 0.712. The summed E-state index contributed by atoms with van der Waals surface area (Å²) in [5.74, 6) is 0. The predicted molar refractivity (Wildman–Crippen MR) is 84.2 cm³/mol. The van der Waals surface area contributed by atoms with E-state index >= 15 is 0 Å². The molecule has 0 amide bonds. The summed E-state index contributed by atoms with van der Waals surface area (Å²) in [6.45, 7) is 3.18. The van der Waals surface area contributed by atoms with Gasteiger partial charge in [0.05, 0.1) is 0 Å². The van der Waals surface area contributed by atoms with Crippen LogP contribution in [0.5, 0.6) is 0 Å². The van der Waals surface area contributed by atoms with Gasteiger partial charge in [0.15, 0.2) is 0 Å². The third-order valence-corrected chi connectivity index (χ3v) is 3.83. The number of rotatable bonds is 4. The van der Waals surface area contributed by atoms with E-state index in [2.05, 4.69) is 23.6 Å². The van der Waals surface area contributed by atoms with Crippen molar-refractivity contribution < 1.29 is 10.0 Å². The van der Waals surface area contributed by atoms with Crippen molar-refractivity contribution in [2.45, 2.75) is 26.3 Å². The van der Waals surface area contributed by atoms with Gasteiger partial charge >= 0.3 is 7.12 Å². The number of aryl methyl sites for hydroxylation is 1. The van der Waals surface area contributed by atoms with Crippen molar-refractivity contribution in [3.63, 3.8) is 0 Å². The summed E-state index contributed by atoms with van der Waals surface area (Å²) in [6, 6.07) is 13.9. The number of hydrogen-bond donors (Lipinski definition) is 2. The third kappa shape index (κ3) is 2.11. The molecule has 102 valence electrons. The van der Waals surface area contributed by atoms with Crippen LogP contribution in [-0.4, -0.2) is 21.7 Å². The SMILES string of the molecule is CCCCn1c2ccccc2c2cc(B(O)O)ccc21. The maximum absolute atomic E-state index is 9.35. The van der Waals surface area contributed by atoms with Crippen molar-refractivity contribution in [1.29, 1.82) is 0 Å². The van der Waals surface area contributed by atoms with Gasteiger partial charge < -0.3 is 14.6 Å². The highest BCUT2D eigenvalue weighted by Gasteiger charge is 2.15. The van der Waals surface area contributed by atoms with Crippen molar-refractivity contribution in [2.24, 2.45) is 0 Å². The average Bonchev–Trinajstić information content (AvgIpc) is 2.78. The summed E-state index contributed by atoms with van der Waals surface area (Å²) >= 11 is 0. The van der Waals surface area contributed by atoms with Gasteiger partial charge in [0.25, 0.3) is 0 Å². The van der Waals surface area contributed by atoms with Gasteiger partial charge in [-0.2, -0.15) is 0 Å². The molecule has 1 heterocycles. The van der Waals surface area contributed by atoms with Crippen LogP contribution < -0.4 is 5.46 Å². The maximum atomic E-state index is 9.35. The van der Waals surface area contributed by atoms with Gasteiger partial charge in [-0.3, -0.25) is 0 Å². The van der Waals surface area contributed by atoms with Gasteiger partial charge in [-0.25, -0.2) is 0 Å². The molecule has 0 bridgehead atoms. The van der Waals surface area contributed by atoms with Crippen LogP contribution >= 0.6 is 0 Å². The topological polar surface area (TPSA) is 45.4 Å². The summed E-state index contributed by atoms with van der Waals surface area (Å²) in [5, 5.41) is 21.0. The average molecular weight is 267 g/mol. The summed E-state index contributed by atoms with van der Waals surface area (Å²) in [4.78, 5) is 0. The van der Waals surface area contributed by atoms with Crippen molar-refractivity contribution in [2.75, 3.05) is 0 Å². The Morgan fingerprint density at radius 3 is 2.50 bits per heavy atom. The Balaban J connectivity index is 2.29. The molecule has 0 unspecified atom stereocenters. The van der Waals surface area contributed by atoms with E-state index in [9.17, 15) is 10.0 Å². The van der Waals surface area contributed by atoms with E-state index in [-0.39, 0.29) is 0 Å². The second-order valence-electron chi connectivity index (χ2n) is 5.17. The van der Waals surface area contributed by atoms with Crippen LogP contribution in [0.15, 0.2) is 42.5 Å². The van der Waals surface area contributed by atoms with Gasteiger partial charge in [-0.05, 0) is 24.0 Å². The molecule has 4 heteroatoms. The fourth-order valence-electron chi connectivity index (χ4n) is 2.79. The van der Waals surface area contributed by atoms with E-state index in [1.807, 2.05) is 24.3 Å². The molecule has 1 aromatic heterocycles. The lowest BCUT2D eigenvalue weighted by Crippen LogP contribution is -2.29. The first-order valence-corrected chi connectivity index (χ1v) is 7.09. The Kier molecular flexibility index (Phi) is 3.51. The second kappa shape index (κ2) is 5.31. The standard InChI is InChI=1S/C16H18BNO2/c1-2-3-10-18-15-7-5-4-6-13(15)14-11-12(17(19)20)8-9-16(14)18/h4-9,11,19-20H,2-3,10H2,1H3. The van der Waals surface area contributed by atoms with Crippen molar-refractivity contribution >= 4 is 34.4 Å². The Morgan fingerprint density at radius 2 is 1.75 bits per heavy atom. The van der Waals surface area contributed by atoms with Gasteiger partial charge in [0, 0.05) is 28.4 Å². The number of nitrogens with zero attached hydrogens (tertiary/aromatic N) is 1. The smallest absolute Gasteiger partial charge is 0.423 e. The third-order valence-electron chi connectivity index (χ3n) is 3.83. The lowest BCUT2D eigenvalue weighted by molar-refractivity contribution is 0.426. The molecule has 0 aliphatic carbocycles. The molecule has 2 aromatic carbocycles. The number of benzene rings is 2. The van der Waals surface area contributed by atoms with E-state index in [0.29, 0.717) is 5.46 Å². The van der Waals surface area contributed by atoms with Crippen LogP contribution in [-0.2, 0) is 6.54 Å². The molecule has 0 spiro atoms. The van der Waals surface area contributed by atoms with Gasteiger partial charge in [0.1, 0.15) is 0 Å². The molecule has 20 heavy (non-hydrogen) atoms. The van der Waals surface area contributed by atoms with Crippen LogP contribution in [0.4, 0.5) is 0 Å². The molecule has 0 saturated heterocycles. The van der Waals surface area contributed by atoms with E-state index in [4.69, 9.17) is 0 Å². The Bertz CT molecular complexity index is 749. The number of aromatic nitrogens is 1. The number of fused-ring (bicyclic) bond motifs is 3. The molecule has 0 radical (unpaired) electrons. The monoisotopic (exact) mass is 267 g/mol. The highest BCUT2D eigenvalue weighted by Crippen LogP contribution is 2.28. The second-order valence-corrected chi connectivity index (χ2v) is 5.17. The van der Waals surface area contributed by atoms with Crippen LogP contribution in [0, 0.1) is 0 Å². The first kappa shape index (κ1) is 13.2. The molecule has 0 aliphatic heterocycles. The minimum absolute atomic E-state index is 0.538. The predicted octanol–water partition coefficient (Wildman–Crippen LogP) is 2.27. The summed E-state index contributed by atoms with van der Waals surface area (Å²) in [5.41, 5.74) is 2.90. The highest BCUT2D eigenvalue weighted by molar-refractivity contribution is 6.59. The van der Waals surface area contributed by atoms with Crippen LogP contribution in [0.1, 0.15) is 19.8 Å². The molecule has 0 atom stereocenters. The zero-order chi connectivity index (χ0) is 14.1. The Morgan fingerprint density at radius 1 is 1.00 bits per heavy atom. The number of unbranched alkanes of at least 4 members (excludes halogenated alkanes) is 1. The first-order valence-electron chi connectivity index (χ1n) is 7.09. The van der Waals surface area contributed by atoms with E-state index in [1.165, 1.54) is 10.9 Å². The Labute approximate surface area is 118 Å². The fraction of sp³-hybridized carbons (Fsp3) is 0.250. The van der Waals surface area contributed by atoms with Crippen LogP contribution in [0.25, 0.3) is 21.8 Å². The van der Waals surface area contributed by atoms with E-state index in [0.717, 1.165) is 30.3 Å². The number of hydrogen-bond acceptors (Lipinski definition) is 2. The molecule has 3 nitrogen and oxygen atoms in total. The van der Waals surface area contributed by atoms with E-state index < -0.39 is 7.12 Å². The van der Waals surface area contributed by atoms with Gasteiger partial charge in [-0.1, -0.05) is 43.7 Å². The first-order chi connectivity index (χ1) is 9.72. The largest absolute Gasteiger partial charge is 0.488 e. The molecular formula is C16H18BNO2. The van der Waals surface area contributed by atoms with Gasteiger partial charge in [-0.15, -0.1) is 0 Å². The van der Waals surface area contributed by atoms with Crippen molar-refractivity contribution in [3.05, 3.63) is 42.5 Å². The minimum Gasteiger partial charge on any atom is -0.423 e. The maximum Gasteiger partial charge on any atom is 0.488 e. The molecule has 2 N–H and O–H groups in total. The summed E-state index contributed by atoms with van der Waals surface area (Å²) in [7, 11) is -1.42. The lowest BCUT2D eigenvalue weighted by atomic mass is 9.80. The molecule has 3 aromatic rings. The molecule has 0 aliphatic rings. The molecule has 0 fully saturated rings. The zero-order valence-electron chi connectivity index (χ0n) is 11.6. The van der Waals surface area contributed by atoms with E-state index in [1.54, 1.807) is 6.07 Å². The van der Waals surface area contributed by atoms with Crippen molar-refractivity contribution in [1.82, 2.24) is 4.57 Å². The summed E-state index contributed by atoms with van der Waals surface area (Å²) < 4.78 is 2.32. The zero-order valence-corrected chi connectivity index (χ0v) is 11.6. The van der Waals surface area contributed by atoms with Crippen molar-refractivity contribution in [3.8, 4) is 0 Å². The van der Waals surface area contributed by atoms with Crippen LogP contribution in [0.3, 0.4) is 0 Å². The Hall–Kier alpha value is -1.78. The highest BCUT2D eigenvalue weighted by atomic mass is 16.4. The van der Waals surface area contributed by atoms with Crippen LogP contribution in [0.2, 0.25) is 0 Å². The lowest BCUT2D eigenvalue weighted by Gasteiger charge is -2.06. The van der Waals surface area contributed by atoms with Gasteiger partial charge in [0.2, 0.25) is 0 Å². The normalized spacial score (nSPS) is 11.3. The molecule has 0 saturated carbocycles. The molecule has 3 rings (SSSR count). The number of para-hydroxylation sites is 1. The fourth-order valence-corrected chi connectivity index (χ4v) is 2.79. The summed E-state index contributed by atoms with van der Waals surface area (Å²) in [6.07, 6.45) is 2.29. The minimum atomic E-state index is -1.42.